The van der Waals surface area contributed by atoms with E-state index in [1.54, 1.807) is 13.2 Å². The molecule has 1 aliphatic rings. The van der Waals surface area contributed by atoms with Crippen LogP contribution in [0.3, 0.4) is 0 Å². The molecule has 2 aromatic rings. The topological polar surface area (TPSA) is 70.6 Å². The molecule has 0 saturated heterocycles. The number of rotatable bonds is 4. The van der Waals surface area contributed by atoms with E-state index in [4.69, 9.17) is 4.74 Å². The van der Waals surface area contributed by atoms with Crippen LogP contribution in [0.15, 0.2) is 42.5 Å². The first-order chi connectivity index (χ1) is 11.6. The molecule has 0 fully saturated rings. The van der Waals surface area contributed by atoms with Gasteiger partial charge in [-0.25, -0.2) is 4.79 Å². The number of nitrogens with one attached hydrogen (secondary N) is 2. The van der Waals surface area contributed by atoms with E-state index in [-0.39, 0.29) is 12.6 Å². The van der Waals surface area contributed by atoms with Crippen LogP contribution in [0.2, 0.25) is 0 Å². The minimum Gasteiger partial charge on any atom is -0.497 e. The predicted molar refractivity (Wildman–Crippen MR) is 93.4 cm³/mol. The Balaban J connectivity index is 1.80. The lowest BCUT2D eigenvalue weighted by Crippen LogP contribution is -2.49. The van der Waals surface area contributed by atoms with Gasteiger partial charge in [0.05, 0.1) is 19.3 Å². The van der Waals surface area contributed by atoms with Crippen molar-refractivity contribution in [2.45, 2.75) is 25.3 Å². The van der Waals surface area contributed by atoms with Crippen LogP contribution in [0.4, 0.5) is 10.5 Å². The van der Waals surface area contributed by atoms with Gasteiger partial charge in [-0.1, -0.05) is 30.3 Å². The second-order valence-corrected chi connectivity index (χ2v) is 6.16. The third-order valence-electron chi connectivity index (χ3n) is 4.67. The van der Waals surface area contributed by atoms with Crippen LogP contribution in [-0.2, 0) is 12.0 Å². The highest BCUT2D eigenvalue weighted by atomic mass is 16.5. The van der Waals surface area contributed by atoms with E-state index in [1.807, 2.05) is 43.3 Å². The van der Waals surface area contributed by atoms with E-state index in [0.29, 0.717) is 17.9 Å². The molecule has 5 nitrogen and oxygen atoms in total. The van der Waals surface area contributed by atoms with Crippen LogP contribution < -0.4 is 15.4 Å². The Labute approximate surface area is 141 Å². The number of carbonyl (C=O) groups is 1. The standard InChI is InChI=1S/C19H22N2O3/c1-13-7-8-15(24-2)11-17(13)20-18(23)21-19(12-22)10-9-14-5-3-4-6-16(14)19/h3-8,11,22H,9-10,12H2,1-2H3,(H2,20,21,23). The Bertz CT molecular complexity index is 760. The monoisotopic (exact) mass is 326 g/mol. The lowest BCUT2D eigenvalue weighted by Gasteiger charge is -2.29. The van der Waals surface area contributed by atoms with E-state index in [9.17, 15) is 9.90 Å². The van der Waals surface area contributed by atoms with Crippen LogP contribution in [0.1, 0.15) is 23.1 Å². The van der Waals surface area contributed by atoms with Gasteiger partial charge >= 0.3 is 6.03 Å². The zero-order valence-corrected chi connectivity index (χ0v) is 13.9. The highest BCUT2D eigenvalue weighted by Gasteiger charge is 2.39. The maximum atomic E-state index is 12.5. The number of hydrogen-bond donors (Lipinski definition) is 3. The van der Waals surface area contributed by atoms with E-state index in [2.05, 4.69) is 10.6 Å². The minimum absolute atomic E-state index is 0.130. The van der Waals surface area contributed by atoms with Crippen molar-refractivity contribution in [3.63, 3.8) is 0 Å². The van der Waals surface area contributed by atoms with E-state index in [1.165, 1.54) is 5.56 Å². The Morgan fingerprint density at radius 3 is 2.83 bits per heavy atom. The number of aliphatic hydroxyl groups is 1. The molecule has 0 radical (unpaired) electrons. The van der Waals surface area contributed by atoms with Crippen LogP contribution in [0, 0.1) is 6.92 Å². The molecule has 5 heteroatoms. The SMILES string of the molecule is COc1ccc(C)c(NC(=O)NC2(CO)CCc3ccccc32)c1. The number of ether oxygens (including phenoxy) is 1. The molecule has 2 aromatic carbocycles. The molecule has 126 valence electrons. The fraction of sp³-hybridized carbons (Fsp3) is 0.316. The van der Waals surface area contributed by atoms with Gasteiger partial charge in [0.2, 0.25) is 0 Å². The molecular weight excluding hydrogens is 304 g/mol. The third kappa shape index (κ3) is 2.95. The van der Waals surface area contributed by atoms with Gasteiger partial charge in [0.1, 0.15) is 5.75 Å². The largest absolute Gasteiger partial charge is 0.497 e. The highest BCUT2D eigenvalue weighted by molar-refractivity contribution is 5.91. The first kappa shape index (κ1) is 16.3. The second-order valence-electron chi connectivity index (χ2n) is 6.16. The van der Waals surface area contributed by atoms with Crippen molar-refractivity contribution in [2.75, 3.05) is 19.0 Å². The van der Waals surface area contributed by atoms with E-state index in [0.717, 1.165) is 17.5 Å². The first-order valence-electron chi connectivity index (χ1n) is 8.01. The van der Waals surface area contributed by atoms with E-state index >= 15 is 0 Å². The molecule has 0 heterocycles. The molecule has 1 unspecified atom stereocenters. The average molecular weight is 326 g/mol. The van der Waals surface area contributed by atoms with Gasteiger partial charge < -0.3 is 20.5 Å². The smallest absolute Gasteiger partial charge is 0.320 e. The van der Waals surface area contributed by atoms with Crippen molar-refractivity contribution in [1.29, 1.82) is 0 Å². The Morgan fingerprint density at radius 2 is 2.08 bits per heavy atom. The number of fused-ring (bicyclic) bond motifs is 1. The van der Waals surface area contributed by atoms with Crippen molar-refractivity contribution in [3.05, 3.63) is 59.2 Å². The van der Waals surface area contributed by atoms with Crippen LogP contribution in [0.25, 0.3) is 0 Å². The molecule has 1 atom stereocenters. The van der Waals surface area contributed by atoms with Gasteiger partial charge in [-0.3, -0.25) is 0 Å². The molecule has 0 bridgehead atoms. The van der Waals surface area contributed by atoms with Gasteiger partial charge in [0, 0.05) is 11.8 Å². The molecule has 0 saturated carbocycles. The first-order valence-corrected chi connectivity index (χ1v) is 8.01. The lowest BCUT2D eigenvalue weighted by atomic mass is 9.93. The summed E-state index contributed by atoms with van der Waals surface area (Å²) in [4.78, 5) is 12.5. The van der Waals surface area contributed by atoms with Gasteiger partial charge in [-0.05, 0) is 42.5 Å². The summed E-state index contributed by atoms with van der Waals surface area (Å²) in [5.74, 6) is 0.680. The van der Waals surface area contributed by atoms with Gasteiger partial charge in [-0.2, -0.15) is 0 Å². The number of anilines is 1. The predicted octanol–water partition coefficient (Wildman–Crippen LogP) is 2.96. The number of carbonyl (C=O) groups excluding carboxylic acids is 1. The molecule has 0 spiro atoms. The maximum Gasteiger partial charge on any atom is 0.320 e. The molecule has 2 amide bonds. The van der Waals surface area contributed by atoms with Crippen LogP contribution in [0.5, 0.6) is 5.75 Å². The maximum absolute atomic E-state index is 12.5. The molecule has 24 heavy (non-hydrogen) atoms. The van der Waals surface area contributed by atoms with Crippen LogP contribution in [-0.4, -0.2) is 24.9 Å². The van der Waals surface area contributed by atoms with Crippen molar-refractivity contribution in [1.82, 2.24) is 5.32 Å². The number of hydrogen-bond acceptors (Lipinski definition) is 3. The summed E-state index contributed by atoms with van der Waals surface area (Å²) < 4.78 is 5.20. The van der Waals surface area contributed by atoms with Gasteiger partial charge in [0.25, 0.3) is 0 Å². The van der Waals surface area contributed by atoms with Gasteiger partial charge in [0.15, 0.2) is 0 Å². The van der Waals surface area contributed by atoms with Crippen LogP contribution >= 0.6 is 0 Å². The minimum atomic E-state index is -0.729. The molecular formula is C19H22N2O3. The fourth-order valence-corrected chi connectivity index (χ4v) is 3.26. The molecule has 0 aliphatic heterocycles. The molecule has 3 rings (SSSR count). The summed E-state index contributed by atoms with van der Waals surface area (Å²) in [7, 11) is 1.59. The van der Waals surface area contributed by atoms with Crippen molar-refractivity contribution in [3.8, 4) is 5.75 Å². The lowest BCUT2D eigenvalue weighted by molar-refractivity contribution is 0.164. The summed E-state index contributed by atoms with van der Waals surface area (Å²) in [5.41, 5.74) is 3.06. The highest BCUT2D eigenvalue weighted by Crippen LogP contribution is 2.36. The van der Waals surface area contributed by atoms with E-state index < -0.39 is 5.54 Å². The summed E-state index contributed by atoms with van der Waals surface area (Å²) in [6, 6.07) is 13.1. The third-order valence-corrected chi connectivity index (χ3v) is 4.67. The fourth-order valence-electron chi connectivity index (χ4n) is 3.26. The number of benzene rings is 2. The Kier molecular flexibility index (Phi) is 4.44. The summed E-state index contributed by atoms with van der Waals surface area (Å²) in [6.45, 7) is 1.79. The number of methoxy groups -OCH3 is 1. The number of aryl methyl sites for hydroxylation is 2. The molecule has 1 aliphatic carbocycles. The van der Waals surface area contributed by atoms with Crippen molar-refractivity contribution in [2.24, 2.45) is 0 Å². The Hall–Kier alpha value is -2.53. The number of urea groups is 1. The quantitative estimate of drug-likeness (QED) is 0.809. The van der Waals surface area contributed by atoms with Gasteiger partial charge in [-0.15, -0.1) is 0 Å². The Morgan fingerprint density at radius 1 is 1.29 bits per heavy atom. The number of aliphatic hydroxyl groups excluding tert-OH is 1. The summed E-state index contributed by atoms with van der Waals surface area (Å²) >= 11 is 0. The number of amides is 2. The summed E-state index contributed by atoms with van der Waals surface area (Å²) in [5, 5.41) is 15.8. The molecule has 3 N–H and O–H groups in total. The molecule has 0 aromatic heterocycles. The van der Waals surface area contributed by atoms with Crippen molar-refractivity contribution < 1.29 is 14.6 Å². The average Bonchev–Trinajstić information content (AvgIpc) is 2.96. The summed E-state index contributed by atoms with van der Waals surface area (Å²) in [6.07, 6.45) is 1.53. The normalized spacial score (nSPS) is 18.8. The zero-order chi connectivity index (χ0) is 17.2. The zero-order valence-electron chi connectivity index (χ0n) is 13.9. The second kappa shape index (κ2) is 6.53. The van der Waals surface area contributed by atoms with Crippen molar-refractivity contribution >= 4 is 11.7 Å².